The van der Waals surface area contributed by atoms with Crippen LogP contribution in [0.3, 0.4) is 0 Å². The molecule has 3 aromatic rings. The van der Waals surface area contributed by atoms with Gasteiger partial charge < -0.3 is 5.32 Å². The smallest absolute Gasteiger partial charge is 0.278 e. The molecule has 0 fully saturated rings. The number of nitrogens with one attached hydrogen (secondary N) is 1. The highest BCUT2D eigenvalue weighted by Crippen LogP contribution is 2.33. The monoisotopic (exact) mass is 442 g/mol. The Labute approximate surface area is 193 Å². The van der Waals surface area contributed by atoms with E-state index in [0.717, 1.165) is 39.1 Å². The number of amides is 2. The zero-order valence-electron chi connectivity index (χ0n) is 19.3. The normalized spacial score (nSPS) is 13.8. The van der Waals surface area contributed by atoms with Gasteiger partial charge in [-0.25, -0.2) is 4.39 Å². The summed E-state index contributed by atoms with van der Waals surface area (Å²) < 4.78 is 13.2. The molecule has 0 aromatic heterocycles. The molecule has 4 nitrogen and oxygen atoms in total. The van der Waals surface area contributed by atoms with Crippen molar-refractivity contribution in [3.8, 4) is 0 Å². The lowest BCUT2D eigenvalue weighted by Gasteiger charge is -2.15. The molecular weight excluding hydrogens is 415 g/mol. The number of imide groups is 1. The number of anilines is 1. The van der Waals surface area contributed by atoms with Gasteiger partial charge in [0.25, 0.3) is 11.8 Å². The van der Waals surface area contributed by atoms with E-state index < -0.39 is 0 Å². The van der Waals surface area contributed by atoms with Crippen LogP contribution in [0.25, 0.3) is 5.57 Å². The first-order valence-electron chi connectivity index (χ1n) is 11.0. The Hall–Kier alpha value is -3.73. The van der Waals surface area contributed by atoms with Crippen LogP contribution >= 0.6 is 0 Å². The number of aryl methyl sites for hydroxylation is 4. The van der Waals surface area contributed by atoms with Crippen LogP contribution in [0.1, 0.15) is 33.4 Å². The van der Waals surface area contributed by atoms with Crippen molar-refractivity contribution in [1.82, 2.24) is 4.90 Å². The summed E-state index contributed by atoms with van der Waals surface area (Å²) in [5.41, 5.74) is 7.31. The van der Waals surface area contributed by atoms with Crippen LogP contribution < -0.4 is 5.32 Å². The van der Waals surface area contributed by atoms with Gasteiger partial charge in [-0.3, -0.25) is 14.5 Å². The summed E-state index contributed by atoms with van der Waals surface area (Å²) in [7, 11) is 0. The third kappa shape index (κ3) is 4.58. The largest absolute Gasteiger partial charge is 0.350 e. The number of carbonyl (C=O) groups excluding carboxylic acids is 2. The Balaban J connectivity index is 1.70. The van der Waals surface area contributed by atoms with E-state index in [2.05, 4.69) is 5.32 Å². The third-order valence-electron chi connectivity index (χ3n) is 6.13. The van der Waals surface area contributed by atoms with E-state index in [1.165, 1.54) is 17.0 Å². The highest BCUT2D eigenvalue weighted by Gasteiger charge is 2.39. The van der Waals surface area contributed by atoms with Crippen LogP contribution in [0.5, 0.6) is 0 Å². The molecule has 1 heterocycles. The lowest BCUT2D eigenvalue weighted by Crippen LogP contribution is -2.34. The van der Waals surface area contributed by atoms with Crippen molar-refractivity contribution >= 4 is 23.1 Å². The van der Waals surface area contributed by atoms with Crippen LogP contribution in [0.15, 0.2) is 66.4 Å². The molecular formula is C28H27FN2O2. The van der Waals surface area contributed by atoms with Gasteiger partial charge in [-0.15, -0.1) is 0 Å². The molecule has 0 aliphatic carbocycles. The number of carbonyl (C=O) groups is 2. The Morgan fingerprint density at radius 2 is 1.52 bits per heavy atom. The fourth-order valence-corrected chi connectivity index (χ4v) is 4.09. The first kappa shape index (κ1) is 22.5. The number of hydrogen-bond donors (Lipinski definition) is 1. The number of benzene rings is 3. The summed E-state index contributed by atoms with van der Waals surface area (Å²) in [6.07, 6.45) is 0.453. The molecule has 2 amide bonds. The van der Waals surface area contributed by atoms with Crippen molar-refractivity contribution in [2.24, 2.45) is 0 Å². The molecule has 0 bridgehead atoms. The van der Waals surface area contributed by atoms with Gasteiger partial charge in [0.2, 0.25) is 0 Å². The maximum absolute atomic E-state index is 13.5. The van der Waals surface area contributed by atoms with Crippen LogP contribution in [0, 0.1) is 33.5 Å². The minimum absolute atomic E-state index is 0.218. The maximum atomic E-state index is 13.5. The fourth-order valence-electron chi connectivity index (χ4n) is 4.09. The van der Waals surface area contributed by atoms with Gasteiger partial charge >= 0.3 is 0 Å². The summed E-state index contributed by atoms with van der Waals surface area (Å²) >= 11 is 0. The van der Waals surface area contributed by atoms with Gasteiger partial charge in [-0.05, 0) is 86.2 Å². The topological polar surface area (TPSA) is 49.4 Å². The second-order valence-corrected chi connectivity index (χ2v) is 8.63. The zero-order chi connectivity index (χ0) is 23.7. The van der Waals surface area contributed by atoms with Gasteiger partial charge in [-0.2, -0.15) is 0 Å². The van der Waals surface area contributed by atoms with Gasteiger partial charge in [0.05, 0.1) is 5.57 Å². The van der Waals surface area contributed by atoms with E-state index in [0.29, 0.717) is 12.0 Å². The minimum Gasteiger partial charge on any atom is -0.350 e. The predicted octanol–water partition coefficient (Wildman–Crippen LogP) is 5.49. The van der Waals surface area contributed by atoms with E-state index in [9.17, 15) is 14.0 Å². The molecule has 0 spiro atoms. The summed E-state index contributed by atoms with van der Waals surface area (Å²) in [5.74, 6) is -0.985. The first-order valence-corrected chi connectivity index (χ1v) is 11.0. The van der Waals surface area contributed by atoms with E-state index in [4.69, 9.17) is 0 Å². The standard InChI is InChI=1S/C28H27FN2O2/c1-17-5-12-24(20(4)15-17)25-26(30-23-11-6-18(2)19(3)16-23)28(33)31(27(25)32)14-13-21-7-9-22(29)10-8-21/h5-12,15-16,30H,13-14H2,1-4H3. The summed E-state index contributed by atoms with van der Waals surface area (Å²) in [6, 6.07) is 17.8. The molecule has 168 valence electrons. The summed E-state index contributed by atoms with van der Waals surface area (Å²) in [5, 5.41) is 3.23. The molecule has 0 saturated heterocycles. The van der Waals surface area contributed by atoms with Crippen molar-refractivity contribution < 1.29 is 14.0 Å². The van der Waals surface area contributed by atoms with Crippen LogP contribution in [-0.2, 0) is 16.0 Å². The lowest BCUT2D eigenvalue weighted by molar-refractivity contribution is -0.136. The van der Waals surface area contributed by atoms with Gasteiger partial charge in [0.1, 0.15) is 11.5 Å². The average Bonchev–Trinajstić information content (AvgIpc) is 3.00. The molecule has 0 saturated carbocycles. The van der Waals surface area contributed by atoms with Crippen molar-refractivity contribution in [1.29, 1.82) is 0 Å². The van der Waals surface area contributed by atoms with Gasteiger partial charge in [0, 0.05) is 12.2 Å². The predicted molar refractivity (Wildman–Crippen MR) is 129 cm³/mol. The molecule has 0 unspecified atom stereocenters. The Morgan fingerprint density at radius 1 is 0.788 bits per heavy atom. The minimum atomic E-state index is -0.352. The Bertz CT molecular complexity index is 1280. The molecule has 3 aromatic carbocycles. The number of nitrogens with zero attached hydrogens (tertiary/aromatic N) is 1. The quantitative estimate of drug-likeness (QED) is 0.513. The van der Waals surface area contributed by atoms with Crippen LogP contribution in [0.4, 0.5) is 10.1 Å². The van der Waals surface area contributed by atoms with Crippen molar-refractivity contribution in [2.75, 3.05) is 11.9 Å². The van der Waals surface area contributed by atoms with E-state index >= 15 is 0 Å². The van der Waals surface area contributed by atoms with Crippen molar-refractivity contribution in [3.63, 3.8) is 0 Å². The molecule has 4 rings (SSSR count). The van der Waals surface area contributed by atoms with E-state index in [1.54, 1.807) is 12.1 Å². The lowest BCUT2D eigenvalue weighted by atomic mass is 9.97. The van der Waals surface area contributed by atoms with Crippen molar-refractivity contribution in [3.05, 3.63) is 106 Å². The first-order chi connectivity index (χ1) is 15.7. The number of rotatable bonds is 6. The maximum Gasteiger partial charge on any atom is 0.278 e. The van der Waals surface area contributed by atoms with Crippen LogP contribution in [-0.4, -0.2) is 23.3 Å². The summed E-state index contributed by atoms with van der Waals surface area (Å²) in [6.45, 7) is 8.20. The number of halogens is 1. The van der Waals surface area contributed by atoms with Crippen LogP contribution in [0.2, 0.25) is 0 Å². The second-order valence-electron chi connectivity index (χ2n) is 8.63. The van der Waals surface area contributed by atoms with E-state index in [1.807, 2.05) is 64.1 Å². The Morgan fingerprint density at radius 3 is 2.18 bits per heavy atom. The van der Waals surface area contributed by atoms with E-state index in [-0.39, 0.29) is 29.9 Å². The van der Waals surface area contributed by atoms with Gasteiger partial charge in [-0.1, -0.05) is 42.0 Å². The molecule has 0 atom stereocenters. The molecule has 0 radical (unpaired) electrons. The Kier molecular flexibility index (Phi) is 6.14. The highest BCUT2D eigenvalue weighted by atomic mass is 19.1. The highest BCUT2D eigenvalue weighted by molar-refractivity contribution is 6.36. The molecule has 33 heavy (non-hydrogen) atoms. The molecule has 1 aliphatic rings. The molecule has 1 aliphatic heterocycles. The zero-order valence-corrected chi connectivity index (χ0v) is 19.3. The third-order valence-corrected chi connectivity index (χ3v) is 6.13. The second kappa shape index (κ2) is 9.02. The molecule has 1 N–H and O–H groups in total. The summed E-state index contributed by atoms with van der Waals surface area (Å²) in [4.78, 5) is 28.2. The van der Waals surface area contributed by atoms with Gasteiger partial charge in [0.15, 0.2) is 0 Å². The fraction of sp³-hybridized carbons (Fsp3) is 0.214. The number of hydrogen-bond acceptors (Lipinski definition) is 3. The van der Waals surface area contributed by atoms with Crippen molar-refractivity contribution in [2.45, 2.75) is 34.1 Å². The molecule has 5 heteroatoms. The average molecular weight is 443 g/mol. The SMILES string of the molecule is Cc1ccc(C2=C(Nc3ccc(C)c(C)c3)C(=O)N(CCc3ccc(F)cc3)C2=O)c(C)c1.